The van der Waals surface area contributed by atoms with Crippen molar-refractivity contribution >= 4 is 21.9 Å². The summed E-state index contributed by atoms with van der Waals surface area (Å²) in [4.78, 5) is 27.5. The number of carbonyl (C=O) groups is 1. The SMILES string of the molecule is Cn1c(CN2CCC(C(=O)OCc3ccccc3)CC2)c(Br)c(=O)n1-c1ccccc1. The van der Waals surface area contributed by atoms with E-state index in [1.165, 1.54) is 0 Å². The fourth-order valence-corrected chi connectivity index (χ4v) is 4.58. The first-order valence-electron chi connectivity index (χ1n) is 10.5. The summed E-state index contributed by atoms with van der Waals surface area (Å²) in [6.07, 6.45) is 1.52. The molecular weight excluding hydrogens is 458 g/mol. The quantitative estimate of drug-likeness (QED) is 0.499. The molecule has 0 radical (unpaired) electrons. The van der Waals surface area contributed by atoms with Gasteiger partial charge in [-0.25, -0.2) is 4.68 Å². The lowest BCUT2D eigenvalue weighted by atomic mass is 9.97. The normalized spacial score (nSPS) is 15.2. The Morgan fingerprint density at radius 1 is 1.03 bits per heavy atom. The number of benzene rings is 2. The fourth-order valence-electron chi connectivity index (χ4n) is 4.03. The number of aromatic nitrogens is 2. The highest BCUT2D eigenvalue weighted by Crippen LogP contribution is 2.23. The van der Waals surface area contributed by atoms with Gasteiger partial charge in [-0.2, -0.15) is 0 Å². The van der Waals surface area contributed by atoms with Crippen molar-refractivity contribution < 1.29 is 9.53 Å². The average molecular weight is 484 g/mol. The lowest BCUT2D eigenvalue weighted by Crippen LogP contribution is -2.37. The number of likely N-dealkylation sites (tertiary alicyclic amines) is 1. The summed E-state index contributed by atoms with van der Waals surface area (Å²) in [5.41, 5.74) is 2.70. The summed E-state index contributed by atoms with van der Waals surface area (Å²) in [5, 5.41) is 0. The van der Waals surface area contributed by atoms with Crippen LogP contribution in [0.25, 0.3) is 5.69 Å². The molecule has 0 amide bonds. The van der Waals surface area contributed by atoms with E-state index < -0.39 is 0 Å². The molecule has 3 aromatic rings. The van der Waals surface area contributed by atoms with Gasteiger partial charge in [0.05, 0.1) is 17.3 Å². The summed E-state index contributed by atoms with van der Waals surface area (Å²) in [5.74, 6) is -0.187. The maximum Gasteiger partial charge on any atom is 0.309 e. The van der Waals surface area contributed by atoms with Crippen molar-refractivity contribution in [2.75, 3.05) is 13.1 Å². The number of halogens is 1. The van der Waals surface area contributed by atoms with Gasteiger partial charge in [-0.1, -0.05) is 48.5 Å². The summed E-state index contributed by atoms with van der Waals surface area (Å²) in [6.45, 7) is 2.56. The molecule has 0 unspecified atom stereocenters. The molecule has 0 N–H and O–H groups in total. The van der Waals surface area contributed by atoms with Gasteiger partial charge in [0.2, 0.25) is 0 Å². The van der Waals surface area contributed by atoms with Crippen molar-refractivity contribution in [1.29, 1.82) is 0 Å². The van der Waals surface area contributed by atoms with Gasteiger partial charge in [-0.15, -0.1) is 0 Å². The fraction of sp³-hybridized carbons (Fsp3) is 0.333. The minimum Gasteiger partial charge on any atom is -0.461 e. The summed E-state index contributed by atoms with van der Waals surface area (Å²) < 4.78 is 9.68. The molecule has 0 spiro atoms. The number of esters is 1. The molecule has 0 saturated carbocycles. The largest absolute Gasteiger partial charge is 0.461 e. The van der Waals surface area contributed by atoms with Gasteiger partial charge in [0.1, 0.15) is 11.1 Å². The molecule has 2 aromatic carbocycles. The van der Waals surface area contributed by atoms with Crippen LogP contribution in [0.5, 0.6) is 0 Å². The number of hydrogen-bond acceptors (Lipinski definition) is 4. The molecule has 1 aliphatic rings. The molecule has 1 fully saturated rings. The third kappa shape index (κ3) is 4.83. The Morgan fingerprint density at radius 3 is 2.29 bits per heavy atom. The van der Waals surface area contributed by atoms with Crippen LogP contribution in [0.2, 0.25) is 0 Å². The van der Waals surface area contributed by atoms with Crippen molar-refractivity contribution in [3.05, 3.63) is 86.7 Å². The maximum absolute atomic E-state index is 12.8. The van der Waals surface area contributed by atoms with Crippen LogP contribution in [0.4, 0.5) is 0 Å². The first kappa shape index (κ1) is 21.6. The molecule has 162 valence electrons. The van der Waals surface area contributed by atoms with E-state index in [2.05, 4.69) is 20.8 Å². The zero-order valence-corrected chi connectivity index (χ0v) is 19.1. The predicted octanol–water partition coefficient (Wildman–Crippen LogP) is 3.89. The van der Waals surface area contributed by atoms with E-state index in [0.717, 1.165) is 42.9 Å². The van der Waals surface area contributed by atoms with Gasteiger partial charge in [0.15, 0.2) is 0 Å². The maximum atomic E-state index is 12.8. The van der Waals surface area contributed by atoms with Crippen LogP contribution in [0.1, 0.15) is 24.1 Å². The second-order valence-corrected chi connectivity index (χ2v) is 8.67. The average Bonchev–Trinajstić information content (AvgIpc) is 3.02. The van der Waals surface area contributed by atoms with Crippen LogP contribution in [0.15, 0.2) is 69.9 Å². The zero-order valence-electron chi connectivity index (χ0n) is 17.5. The molecule has 2 heterocycles. The molecule has 6 nitrogen and oxygen atoms in total. The van der Waals surface area contributed by atoms with Crippen LogP contribution in [-0.4, -0.2) is 33.3 Å². The Hall–Kier alpha value is -2.64. The molecule has 31 heavy (non-hydrogen) atoms. The molecule has 0 atom stereocenters. The van der Waals surface area contributed by atoms with Crippen molar-refractivity contribution in [3.63, 3.8) is 0 Å². The lowest BCUT2D eigenvalue weighted by Gasteiger charge is -2.31. The monoisotopic (exact) mass is 483 g/mol. The van der Waals surface area contributed by atoms with Crippen LogP contribution in [0.3, 0.4) is 0 Å². The molecule has 4 rings (SSSR count). The molecule has 1 aromatic heterocycles. The van der Waals surface area contributed by atoms with Gasteiger partial charge in [-0.3, -0.25) is 19.2 Å². The molecular formula is C24H26BrN3O3. The van der Waals surface area contributed by atoms with Crippen LogP contribution in [-0.2, 0) is 29.7 Å². The smallest absolute Gasteiger partial charge is 0.309 e. The molecule has 0 aliphatic carbocycles. The Kier molecular flexibility index (Phi) is 6.73. The van der Waals surface area contributed by atoms with Gasteiger partial charge in [-0.05, 0) is 59.6 Å². The van der Waals surface area contributed by atoms with E-state index in [-0.39, 0.29) is 17.4 Å². The van der Waals surface area contributed by atoms with Crippen LogP contribution >= 0.6 is 15.9 Å². The minimum absolute atomic E-state index is 0.0666. The molecule has 1 aliphatic heterocycles. The van der Waals surface area contributed by atoms with Gasteiger partial charge in [0, 0.05) is 13.6 Å². The summed E-state index contributed by atoms with van der Waals surface area (Å²) in [6, 6.07) is 19.4. The number of ether oxygens (including phenoxy) is 1. The van der Waals surface area contributed by atoms with Gasteiger partial charge >= 0.3 is 5.97 Å². The topological polar surface area (TPSA) is 56.5 Å². The number of carbonyl (C=O) groups excluding carboxylic acids is 1. The highest BCUT2D eigenvalue weighted by Gasteiger charge is 2.28. The second-order valence-electron chi connectivity index (χ2n) is 7.88. The van der Waals surface area contributed by atoms with Crippen molar-refractivity contribution in [3.8, 4) is 5.69 Å². The number of rotatable bonds is 6. The van der Waals surface area contributed by atoms with E-state index in [4.69, 9.17) is 4.74 Å². The van der Waals surface area contributed by atoms with Crippen LogP contribution < -0.4 is 5.56 Å². The second kappa shape index (κ2) is 9.66. The van der Waals surface area contributed by atoms with Gasteiger partial charge in [0.25, 0.3) is 5.56 Å². The Morgan fingerprint density at radius 2 is 1.65 bits per heavy atom. The number of para-hydroxylation sites is 1. The summed E-state index contributed by atoms with van der Waals surface area (Å²) >= 11 is 3.50. The van der Waals surface area contributed by atoms with E-state index in [9.17, 15) is 9.59 Å². The predicted molar refractivity (Wildman–Crippen MR) is 123 cm³/mol. The minimum atomic E-state index is -0.118. The van der Waals surface area contributed by atoms with Gasteiger partial charge < -0.3 is 4.74 Å². The summed E-state index contributed by atoms with van der Waals surface area (Å²) in [7, 11) is 1.90. The first-order valence-corrected chi connectivity index (χ1v) is 11.3. The molecule has 0 bridgehead atoms. The van der Waals surface area contributed by atoms with E-state index >= 15 is 0 Å². The Labute approximate surface area is 190 Å². The van der Waals surface area contributed by atoms with Crippen LogP contribution in [0, 0.1) is 5.92 Å². The Bertz CT molecular complexity index is 1080. The van der Waals surface area contributed by atoms with E-state index in [0.29, 0.717) is 17.6 Å². The number of piperidine rings is 1. The first-order chi connectivity index (χ1) is 15.0. The third-order valence-corrected chi connectivity index (χ3v) is 6.64. The standard InChI is InChI=1S/C24H26BrN3O3/c1-26-21(22(25)23(29)28(26)20-10-6-3-7-11-20)16-27-14-12-19(13-15-27)24(30)31-17-18-8-4-2-5-9-18/h2-11,19H,12-17H2,1H3. The highest BCUT2D eigenvalue weighted by molar-refractivity contribution is 9.10. The van der Waals surface area contributed by atoms with Crippen molar-refractivity contribution in [2.24, 2.45) is 13.0 Å². The Balaban J connectivity index is 1.36. The number of hydrogen-bond donors (Lipinski definition) is 0. The molecule has 1 saturated heterocycles. The van der Waals surface area contributed by atoms with Crippen molar-refractivity contribution in [2.45, 2.75) is 26.0 Å². The zero-order chi connectivity index (χ0) is 21.8. The lowest BCUT2D eigenvalue weighted by molar-refractivity contribution is -0.151. The highest BCUT2D eigenvalue weighted by atomic mass is 79.9. The number of nitrogens with zero attached hydrogens (tertiary/aromatic N) is 3. The van der Waals surface area contributed by atoms with E-state index in [1.807, 2.05) is 72.4 Å². The molecule has 7 heteroatoms. The third-order valence-electron chi connectivity index (χ3n) is 5.84. The van der Waals surface area contributed by atoms with E-state index in [1.54, 1.807) is 4.68 Å². The van der Waals surface area contributed by atoms with Crippen molar-refractivity contribution in [1.82, 2.24) is 14.3 Å².